The molecule has 3 aliphatic heterocycles. The van der Waals surface area contributed by atoms with Crippen molar-refractivity contribution in [2.45, 2.75) is 227 Å². The molecule has 24 N–H and O–H groups in total. The summed E-state index contributed by atoms with van der Waals surface area (Å²) in [5.74, 6) is -18.1. The maximum atomic E-state index is 15.8. The molecule has 3 fully saturated rings. The summed E-state index contributed by atoms with van der Waals surface area (Å²) in [7, 11) is 3.77. The number of aromatic hydroxyl groups is 1. The lowest BCUT2D eigenvalue weighted by Gasteiger charge is -2.39. The Morgan fingerprint density at radius 2 is 1.20 bits per heavy atom. The van der Waals surface area contributed by atoms with Crippen LogP contribution in [0.2, 0.25) is 0 Å². The van der Waals surface area contributed by atoms with E-state index in [2.05, 4.69) is 73.4 Å². The second-order valence-corrected chi connectivity index (χ2v) is 36.9. The lowest BCUT2D eigenvalue weighted by atomic mass is 9.98. The molecule has 3 aromatic heterocycles. The normalized spacial score (nSPS) is 25.0. The van der Waals surface area contributed by atoms with Gasteiger partial charge in [0.2, 0.25) is 94.5 Å². The quantitative estimate of drug-likeness (QED) is 0.00994. The van der Waals surface area contributed by atoms with Gasteiger partial charge in [0.15, 0.2) is 17.9 Å². The zero-order valence-corrected chi connectivity index (χ0v) is 79.2. The number of amides is 16. The van der Waals surface area contributed by atoms with Crippen molar-refractivity contribution < 1.29 is 102 Å². The standard InChI is InChI=1S/C91H127N23O21S2/c1-8-10-22-69-82(128)102-60(21-16-30-97-90(94)95)78(124)108-68(77(123)99-41-75(93)121)46-136-47-76(122)101-64(33-51-26-28-55(118)29-27-51)85(131)112(7)72(44-116)84(130)106-66(37-74(92)120)87(133)113-31-17-24-70(113)83(129)103-61(36-54-40-96-49-100-54)79(125)104-63(32-50(3)4)88(134)114-42-56(119)38-91(114,48-117)109-62(34-52-39-98-59-20-14-12-18-57(52)59)80(126)107-67(43-115)81(127)105-65(35-53-45-137-73-25-15-13-19-58(53)73)86(132)111(6)71(23-11-9-2)89(135)110(69)5/h12-15,18-20,25-29,39-40,45,48-50,56,60-72,98,109,115-116,118-119H,8-11,16-17,21-24,30-38,41-44,46-47H2,1-7H3,(H2,92,120)(H2,93,121)(H,96,100)(H,99,123)(H,101,122)(H,102,128)(H,103,129)(H,104,125)(H,105,127)(H,106,130)(H,107,126)(H,108,124)(H4,94,95,97)/t56-,60+,61+,62+,63+,64+,65+,66+,67+,68?,69+,70+,71+,72+,91?/m1/s1. The first-order valence-corrected chi connectivity index (χ1v) is 47.6. The summed E-state index contributed by atoms with van der Waals surface area (Å²) in [6.07, 6.45) is 1.52. The molecule has 0 aliphatic carbocycles. The number of para-hydroxylation sites is 1. The van der Waals surface area contributed by atoms with E-state index in [1.165, 1.54) is 62.2 Å². The van der Waals surface area contributed by atoms with Gasteiger partial charge < -0.3 is 125 Å². The molecule has 0 spiro atoms. The number of nitrogens with two attached hydrogens (primary N) is 3. The van der Waals surface area contributed by atoms with Gasteiger partial charge in [0.25, 0.3) is 0 Å². The number of phenolic OH excluding ortho intramolecular Hbond substituents is 1. The van der Waals surface area contributed by atoms with E-state index in [0.29, 0.717) is 64.9 Å². The molecule has 6 aromatic rings. The topological polar surface area (TPSA) is 666 Å². The Balaban J connectivity index is 1.13. The monoisotopic (exact) mass is 1940 g/mol. The number of aliphatic hydroxyl groups excluding tert-OH is 3. The first kappa shape index (κ1) is 107. The van der Waals surface area contributed by atoms with E-state index in [1.807, 2.05) is 26.0 Å². The van der Waals surface area contributed by atoms with E-state index in [0.717, 1.165) is 48.0 Å². The van der Waals surface area contributed by atoms with Crippen LogP contribution in [-0.2, 0) is 107 Å². The fourth-order valence-corrected chi connectivity index (χ4v) is 18.8. The van der Waals surface area contributed by atoms with E-state index >= 15 is 33.6 Å². The molecule has 16 amide bonds. The zero-order valence-electron chi connectivity index (χ0n) is 77.6. The number of H-pyrrole nitrogens is 2. The molecule has 137 heavy (non-hydrogen) atoms. The number of likely N-dealkylation sites (N-methyl/N-ethyl adjacent to an activating group) is 3. The SMILES string of the molecule is CCCC[C@H]1C(=O)N(C)[C@@H](CCCC)C(=O)N[C@@H](CCCNC(=N)N)C(=O)NC(C(=O)NCC(N)=O)CSCC(=O)N[C@@H](Cc2ccc(O)cc2)C(=O)N(C)[C@@H](CO)C(=O)N[C@@H](CC(N)=O)C(=O)N2CCC[C@H]2C(=O)N[C@@H](Cc2cnc[nH]2)C(=O)N[C@@H](CC(C)C)C(=O)N2C[C@H](O)CC2(C=O)N[C@@H](Cc2c[nH]c3ccccc23)C(=O)N[C@@H](CO)C(=O)N[C@@H](Cc2csc3ccccc23)C(=O)N1C. The third-order valence-corrected chi connectivity index (χ3v) is 26.4. The van der Waals surface area contributed by atoms with Crippen molar-refractivity contribution >= 4 is 151 Å². The summed E-state index contributed by atoms with van der Waals surface area (Å²) < 4.78 is 0.800. The molecule has 0 saturated carbocycles. The van der Waals surface area contributed by atoms with E-state index in [-0.39, 0.29) is 95.2 Å². The number of hydrogen-bond donors (Lipinski definition) is 21. The van der Waals surface area contributed by atoms with Gasteiger partial charge in [0.05, 0.1) is 50.4 Å². The highest BCUT2D eigenvalue weighted by Crippen LogP contribution is 2.32. The third kappa shape index (κ3) is 29.4. The Hall–Kier alpha value is -13.2. The van der Waals surface area contributed by atoms with Crippen LogP contribution in [0.4, 0.5) is 0 Å². The number of unbranched alkanes of at least 4 members (excludes halogenated alkanes) is 2. The number of aldehydes is 1. The number of hydrogen-bond acceptors (Lipinski definition) is 26. The number of carbonyl (C=O) groups excluding carboxylic acids is 17. The lowest BCUT2D eigenvalue weighted by molar-refractivity contribution is -0.149. The largest absolute Gasteiger partial charge is 0.508 e. The van der Waals surface area contributed by atoms with E-state index in [4.69, 9.17) is 22.6 Å². The molecule has 15 atom stereocenters. The van der Waals surface area contributed by atoms with Crippen LogP contribution in [0.5, 0.6) is 5.75 Å². The number of nitrogens with zero attached hydrogens (tertiary/aromatic N) is 6. The van der Waals surface area contributed by atoms with Crippen LogP contribution in [-0.4, -0.2) is 329 Å². The van der Waals surface area contributed by atoms with Gasteiger partial charge in [-0.2, -0.15) is 0 Å². The van der Waals surface area contributed by atoms with Crippen molar-refractivity contribution in [2.75, 3.05) is 72.0 Å². The Bertz CT molecular complexity index is 5270. The predicted molar refractivity (Wildman–Crippen MR) is 505 cm³/mol. The van der Waals surface area contributed by atoms with Crippen LogP contribution in [0.25, 0.3) is 21.0 Å². The molecule has 0 bridgehead atoms. The number of rotatable bonds is 28. The van der Waals surface area contributed by atoms with Crippen molar-refractivity contribution in [3.63, 3.8) is 0 Å². The molecule has 744 valence electrons. The van der Waals surface area contributed by atoms with Crippen molar-refractivity contribution in [3.05, 3.63) is 119 Å². The summed E-state index contributed by atoms with van der Waals surface area (Å²) in [6, 6.07) is -1.72. The average Bonchev–Trinajstić information content (AvgIpc) is 1.62. The Kier molecular flexibility index (Phi) is 40.1. The first-order chi connectivity index (χ1) is 65.3. The fourth-order valence-electron chi connectivity index (χ4n) is 17.0. The Morgan fingerprint density at radius 1 is 0.606 bits per heavy atom. The minimum atomic E-state index is -2.33. The first-order valence-electron chi connectivity index (χ1n) is 45.6. The van der Waals surface area contributed by atoms with Gasteiger partial charge in [0, 0.05) is 106 Å². The number of nitrogens with one attached hydrogen (secondary N) is 14. The summed E-state index contributed by atoms with van der Waals surface area (Å²) in [6.45, 7) is 3.29. The number of guanidine groups is 1. The number of imidazole rings is 1. The molecular weight excluding hydrogens is 1820 g/mol. The summed E-state index contributed by atoms with van der Waals surface area (Å²) >= 11 is 2.07. The minimum Gasteiger partial charge on any atom is -0.508 e. The molecule has 3 aliphatic rings. The molecular formula is C91H127N23O21S2. The number of phenols is 1. The summed E-state index contributed by atoms with van der Waals surface area (Å²) in [5, 5.41) is 84.5. The van der Waals surface area contributed by atoms with Gasteiger partial charge >= 0.3 is 0 Å². The van der Waals surface area contributed by atoms with E-state index in [9.17, 15) is 68.4 Å². The van der Waals surface area contributed by atoms with Crippen LogP contribution in [0, 0.1) is 11.3 Å². The Labute approximate surface area is 799 Å². The van der Waals surface area contributed by atoms with Gasteiger partial charge in [-0.05, 0) is 109 Å². The number of carbonyl (C=O) groups is 17. The van der Waals surface area contributed by atoms with Crippen LogP contribution >= 0.6 is 23.1 Å². The van der Waals surface area contributed by atoms with E-state index < -0.39 is 247 Å². The number of aromatic amines is 2. The highest BCUT2D eigenvalue weighted by molar-refractivity contribution is 8.00. The Morgan fingerprint density at radius 3 is 1.85 bits per heavy atom. The number of thiophene rings is 1. The molecule has 2 unspecified atom stereocenters. The number of aromatic nitrogens is 3. The van der Waals surface area contributed by atoms with Gasteiger partial charge in [-0.1, -0.05) is 102 Å². The third-order valence-electron chi connectivity index (χ3n) is 24.3. The molecule has 3 saturated heterocycles. The summed E-state index contributed by atoms with van der Waals surface area (Å²) in [4.78, 5) is 266. The second-order valence-electron chi connectivity index (χ2n) is 35.0. The molecule has 6 heterocycles. The van der Waals surface area contributed by atoms with Crippen LogP contribution in [0.1, 0.15) is 134 Å². The molecule has 9 rings (SSSR count). The maximum Gasteiger partial charge on any atom is 0.247 e. The highest BCUT2D eigenvalue weighted by atomic mass is 32.2. The van der Waals surface area contributed by atoms with Crippen molar-refractivity contribution in [3.8, 4) is 5.75 Å². The lowest BCUT2D eigenvalue weighted by Crippen LogP contribution is -2.67. The fraction of sp³-hybridized carbons (Fsp3) is 0.527. The van der Waals surface area contributed by atoms with Crippen molar-refractivity contribution in [1.82, 2.24) is 97.9 Å². The smallest absolute Gasteiger partial charge is 0.247 e. The number of aliphatic hydroxyl groups is 3. The number of fused-ring (bicyclic) bond motifs is 4. The highest BCUT2D eigenvalue weighted by Gasteiger charge is 2.53. The number of benzene rings is 3. The van der Waals surface area contributed by atoms with Crippen LogP contribution in [0.3, 0.4) is 0 Å². The molecule has 3 aromatic carbocycles. The second kappa shape index (κ2) is 51.1. The van der Waals surface area contributed by atoms with Gasteiger partial charge in [0.1, 0.15) is 78.3 Å². The van der Waals surface area contributed by atoms with Gasteiger partial charge in [-0.25, -0.2) is 4.98 Å². The maximum absolute atomic E-state index is 15.8. The molecule has 46 heteroatoms. The minimum absolute atomic E-state index is 0.0191. The molecule has 0 radical (unpaired) electrons. The van der Waals surface area contributed by atoms with Gasteiger partial charge in [-0.3, -0.25) is 92.2 Å². The average molecular weight is 1940 g/mol. The zero-order chi connectivity index (χ0) is 100. The van der Waals surface area contributed by atoms with Gasteiger partial charge in [-0.15, -0.1) is 23.1 Å². The van der Waals surface area contributed by atoms with E-state index in [1.54, 1.807) is 61.8 Å². The number of thioether (sulfide) groups is 1. The predicted octanol–water partition coefficient (Wildman–Crippen LogP) is -3.22. The van der Waals surface area contributed by atoms with Crippen molar-refractivity contribution in [1.29, 1.82) is 5.41 Å². The van der Waals surface area contributed by atoms with Crippen LogP contribution < -0.4 is 75.7 Å². The molecule has 44 nitrogen and oxygen atoms in total. The van der Waals surface area contributed by atoms with Crippen molar-refractivity contribution in [2.24, 2.45) is 23.1 Å². The van der Waals surface area contributed by atoms with Crippen LogP contribution in [0.15, 0.2) is 96.9 Å². The number of primary amides is 2. The summed E-state index contributed by atoms with van der Waals surface area (Å²) in [5.41, 5.74) is 16.7.